The van der Waals surface area contributed by atoms with Gasteiger partial charge in [0.1, 0.15) is 12.4 Å². The first-order valence-corrected chi connectivity index (χ1v) is 9.48. The summed E-state index contributed by atoms with van der Waals surface area (Å²) in [7, 11) is 3.19. The number of halogens is 1. The quantitative estimate of drug-likeness (QED) is 0.795. The fourth-order valence-corrected chi connectivity index (χ4v) is 4.57. The number of ketones is 1. The lowest BCUT2D eigenvalue weighted by molar-refractivity contribution is -0.118. The lowest BCUT2D eigenvalue weighted by atomic mass is 9.73. The first-order chi connectivity index (χ1) is 12.8. The highest BCUT2D eigenvalue weighted by molar-refractivity contribution is 9.10. The van der Waals surface area contributed by atoms with Gasteiger partial charge in [-0.3, -0.25) is 4.79 Å². The maximum absolute atomic E-state index is 13.1. The van der Waals surface area contributed by atoms with E-state index in [0.29, 0.717) is 23.9 Å². The summed E-state index contributed by atoms with van der Waals surface area (Å²) in [6.45, 7) is 4.22. The molecule has 0 radical (unpaired) electrons. The smallest absolute Gasteiger partial charge is 0.226 e. The van der Waals surface area contributed by atoms with E-state index < -0.39 is 0 Å². The van der Waals surface area contributed by atoms with E-state index in [1.165, 1.54) is 6.33 Å². The minimum Gasteiger partial charge on any atom is -0.493 e. The van der Waals surface area contributed by atoms with Crippen molar-refractivity contribution in [3.05, 3.63) is 39.8 Å². The van der Waals surface area contributed by atoms with E-state index in [1.807, 2.05) is 12.1 Å². The fraction of sp³-hybridized carbons (Fsp3) is 0.421. The van der Waals surface area contributed by atoms with Crippen LogP contribution in [-0.2, 0) is 4.79 Å². The highest BCUT2D eigenvalue weighted by Crippen LogP contribution is 2.47. The van der Waals surface area contributed by atoms with Crippen LogP contribution in [0.25, 0.3) is 0 Å². The van der Waals surface area contributed by atoms with Gasteiger partial charge in [-0.25, -0.2) is 4.68 Å². The number of carbonyl (C=O) groups excluding carboxylic acids is 1. The molecular formula is C19H21BrN4O3. The van der Waals surface area contributed by atoms with Crippen LogP contribution in [0, 0.1) is 5.41 Å². The summed E-state index contributed by atoms with van der Waals surface area (Å²) in [5.41, 5.74) is 2.46. The molecule has 2 heterocycles. The van der Waals surface area contributed by atoms with E-state index >= 15 is 0 Å². The van der Waals surface area contributed by atoms with Gasteiger partial charge in [-0.15, -0.1) is 0 Å². The lowest BCUT2D eigenvalue weighted by Crippen LogP contribution is -2.36. The molecular weight excluding hydrogens is 412 g/mol. The van der Waals surface area contributed by atoms with Gasteiger partial charge in [0.25, 0.3) is 0 Å². The Hall–Kier alpha value is -2.35. The number of hydrogen-bond donors (Lipinski definition) is 1. The zero-order valence-electron chi connectivity index (χ0n) is 15.7. The van der Waals surface area contributed by atoms with Crippen LogP contribution in [0.1, 0.15) is 38.3 Å². The second-order valence-corrected chi connectivity index (χ2v) is 8.48. The summed E-state index contributed by atoms with van der Waals surface area (Å²) in [6, 6.07) is 3.47. The van der Waals surface area contributed by atoms with Gasteiger partial charge < -0.3 is 14.8 Å². The maximum Gasteiger partial charge on any atom is 0.226 e. The van der Waals surface area contributed by atoms with E-state index in [4.69, 9.17) is 9.47 Å². The lowest BCUT2D eigenvalue weighted by Gasteiger charge is -2.38. The van der Waals surface area contributed by atoms with Crippen molar-refractivity contribution < 1.29 is 14.3 Å². The van der Waals surface area contributed by atoms with Crippen LogP contribution < -0.4 is 14.8 Å². The average Bonchev–Trinajstić information content (AvgIpc) is 3.06. The number of benzene rings is 1. The van der Waals surface area contributed by atoms with E-state index in [1.54, 1.807) is 18.9 Å². The third kappa shape index (κ3) is 2.92. The number of aromatic nitrogens is 3. The predicted octanol–water partition coefficient (Wildman–Crippen LogP) is 3.72. The molecule has 1 unspecified atom stereocenters. The summed E-state index contributed by atoms with van der Waals surface area (Å²) in [4.78, 5) is 17.4. The van der Waals surface area contributed by atoms with Crippen molar-refractivity contribution in [2.45, 2.75) is 32.7 Å². The number of fused-ring (bicyclic) bond motifs is 1. The number of carbonyl (C=O) groups is 1. The van der Waals surface area contributed by atoms with Crippen molar-refractivity contribution in [2.24, 2.45) is 5.41 Å². The van der Waals surface area contributed by atoms with Crippen molar-refractivity contribution in [3.63, 3.8) is 0 Å². The Kier molecular flexibility index (Phi) is 4.25. The predicted molar refractivity (Wildman–Crippen MR) is 104 cm³/mol. The molecule has 0 spiro atoms. The molecule has 1 aromatic heterocycles. The molecule has 8 heteroatoms. The number of rotatable bonds is 3. The van der Waals surface area contributed by atoms with Gasteiger partial charge >= 0.3 is 0 Å². The van der Waals surface area contributed by atoms with E-state index in [0.717, 1.165) is 27.7 Å². The largest absolute Gasteiger partial charge is 0.493 e. The van der Waals surface area contributed by atoms with Crippen molar-refractivity contribution >= 4 is 27.7 Å². The minimum absolute atomic E-state index is 0.0894. The first-order valence-electron chi connectivity index (χ1n) is 8.69. The van der Waals surface area contributed by atoms with Gasteiger partial charge in [0.05, 0.1) is 18.7 Å². The van der Waals surface area contributed by atoms with Gasteiger partial charge in [-0.1, -0.05) is 13.8 Å². The van der Waals surface area contributed by atoms with Gasteiger partial charge in [-0.2, -0.15) is 10.1 Å². The Labute approximate surface area is 165 Å². The molecule has 0 amide bonds. The van der Waals surface area contributed by atoms with Crippen LogP contribution in [0.3, 0.4) is 0 Å². The summed E-state index contributed by atoms with van der Waals surface area (Å²) in [6.07, 6.45) is 2.79. The second-order valence-electron chi connectivity index (χ2n) is 7.63. The van der Waals surface area contributed by atoms with E-state index in [-0.39, 0.29) is 17.2 Å². The number of ether oxygens (including phenoxy) is 2. The Morgan fingerprint density at radius 2 is 2.04 bits per heavy atom. The van der Waals surface area contributed by atoms with Crippen molar-refractivity contribution in [1.29, 1.82) is 0 Å². The maximum atomic E-state index is 13.1. The summed E-state index contributed by atoms with van der Waals surface area (Å²) in [5.74, 6) is 1.97. The number of anilines is 1. The monoisotopic (exact) mass is 432 g/mol. The van der Waals surface area contributed by atoms with Crippen LogP contribution in [0.5, 0.6) is 11.5 Å². The number of nitrogens with zero attached hydrogens (tertiary/aromatic N) is 3. The molecule has 1 atom stereocenters. The van der Waals surface area contributed by atoms with Crippen LogP contribution in [0.4, 0.5) is 5.95 Å². The van der Waals surface area contributed by atoms with Crippen LogP contribution in [0.15, 0.2) is 34.2 Å². The molecule has 1 aromatic carbocycles. The SMILES string of the molecule is COc1cc(C2C3=C(CC(C)(C)CC3=O)Nc3ncnn32)cc(Br)c1OC. The van der Waals surface area contributed by atoms with Gasteiger partial charge in [-0.05, 0) is 45.5 Å². The van der Waals surface area contributed by atoms with Crippen molar-refractivity contribution in [1.82, 2.24) is 14.8 Å². The van der Waals surface area contributed by atoms with Gasteiger partial charge in [0, 0.05) is 17.7 Å². The van der Waals surface area contributed by atoms with Gasteiger partial charge in [0.15, 0.2) is 17.3 Å². The number of allylic oxidation sites excluding steroid dienone is 2. The van der Waals surface area contributed by atoms with Gasteiger partial charge in [0.2, 0.25) is 5.95 Å². The Morgan fingerprint density at radius 1 is 1.26 bits per heavy atom. The molecule has 0 saturated carbocycles. The molecule has 27 heavy (non-hydrogen) atoms. The minimum atomic E-state index is -0.363. The summed E-state index contributed by atoms with van der Waals surface area (Å²) >= 11 is 3.55. The van der Waals surface area contributed by atoms with Crippen LogP contribution >= 0.6 is 15.9 Å². The number of hydrogen-bond acceptors (Lipinski definition) is 6. The average molecular weight is 433 g/mol. The highest BCUT2D eigenvalue weighted by atomic mass is 79.9. The van der Waals surface area contributed by atoms with Crippen molar-refractivity contribution in [2.75, 3.05) is 19.5 Å². The third-order valence-electron chi connectivity index (χ3n) is 5.05. The molecule has 0 fully saturated rings. The number of nitrogens with one attached hydrogen (secondary N) is 1. The molecule has 1 aliphatic heterocycles. The first kappa shape index (κ1) is 18.0. The Bertz CT molecular complexity index is 964. The Balaban J connectivity index is 1.92. The number of Topliss-reactive ketones (excluding diaryl/α,β-unsaturated/α-hetero) is 1. The molecule has 7 nitrogen and oxygen atoms in total. The Morgan fingerprint density at radius 3 is 2.74 bits per heavy atom. The molecule has 0 bridgehead atoms. The topological polar surface area (TPSA) is 78.3 Å². The molecule has 142 valence electrons. The third-order valence-corrected chi connectivity index (χ3v) is 5.63. The molecule has 0 saturated heterocycles. The van der Waals surface area contributed by atoms with E-state index in [2.05, 4.69) is 45.2 Å². The molecule has 2 aromatic rings. The van der Waals surface area contributed by atoms with E-state index in [9.17, 15) is 4.79 Å². The molecule has 1 N–H and O–H groups in total. The van der Waals surface area contributed by atoms with Crippen LogP contribution in [-0.4, -0.2) is 34.8 Å². The molecule has 2 aliphatic rings. The standard InChI is InChI=1S/C19H21BrN4O3/c1-19(2)7-12-15(13(25)8-19)16(24-18(23-12)21-9-22-24)10-5-11(20)17(27-4)14(6-10)26-3/h5-6,9,16H,7-8H2,1-4H3,(H,21,22,23). The molecule has 1 aliphatic carbocycles. The zero-order valence-corrected chi connectivity index (χ0v) is 17.3. The zero-order chi connectivity index (χ0) is 19.3. The van der Waals surface area contributed by atoms with Crippen LogP contribution in [0.2, 0.25) is 0 Å². The van der Waals surface area contributed by atoms with Crippen molar-refractivity contribution in [3.8, 4) is 11.5 Å². The normalized spacial score (nSPS) is 20.6. The second kappa shape index (κ2) is 6.37. The summed E-state index contributed by atoms with van der Waals surface area (Å²) in [5, 5.41) is 7.68. The fourth-order valence-electron chi connectivity index (χ4n) is 3.95. The highest BCUT2D eigenvalue weighted by Gasteiger charge is 2.41. The molecule has 4 rings (SSSR count). The number of methoxy groups -OCH3 is 2. The summed E-state index contributed by atoms with van der Waals surface area (Å²) < 4.78 is 13.4.